The summed E-state index contributed by atoms with van der Waals surface area (Å²) >= 11 is 0. The molecule has 0 aromatic heterocycles. The summed E-state index contributed by atoms with van der Waals surface area (Å²) in [5.74, 6) is -0.482. The Bertz CT molecular complexity index is 1650. The zero-order chi connectivity index (χ0) is 26.6. The molecule has 10 heteroatoms. The maximum atomic E-state index is 12.8. The Labute approximate surface area is 216 Å². The van der Waals surface area contributed by atoms with Crippen LogP contribution in [0.25, 0.3) is 0 Å². The number of benzene rings is 4. The molecule has 1 amide bonds. The predicted molar refractivity (Wildman–Crippen MR) is 145 cm³/mol. The van der Waals surface area contributed by atoms with Gasteiger partial charge in [0.1, 0.15) is 0 Å². The summed E-state index contributed by atoms with van der Waals surface area (Å²) in [7, 11) is -7.63. The number of anilines is 3. The highest BCUT2D eigenvalue weighted by atomic mass is 32.2. The average Bonchev–Trinajstić information content (AvgIpc) is 2.86. The highest BCUT2D eigenvalue weighted by Gasteiger charge is 2.17. The number of carbonyl (C=O) groups is 1. The van der Waals surface area contributed by atoms with Crippen LogP contribution >= 0.6 is 0 Å². The smallest absolute Gasteiger partial charge is 0.261 e. The molecule has 0 unspecified atom stereocenters. The van der Waals surface area contributed by atoms with E-state index in [4.69, 9.17) is 0 Å². The molecule has 0 fully saturated rings. The third-order valence-corrected chi connectivity index (χ3v) is 8.26. The maximum Gasteiger partial charge on any atom is 0.261 e. The first-order valence-electron chi connectivity index (χ1n) is 11.2. The third kappa shape index (κ3) is 6.35. The first-order valence-corrected chi connectivity index (χ1v) is 14.2. The van der Waals surface area contributed by atoms with Crippen molar-refractivity contribution in [2.24, 2.45) is 0 Å². The van der Waals surface area contributed by atoms with E-state index in [0.717, 1.165) is 11.1 Å². The van der Waals surface area contributed by atoms with E-state index in [0.29, 0.717) is 11.4 Å². The number of hydrogen-bond donors (Lipinski definition) is 3. The Hall–Kier alpha value is -4.15. The average molecular weight is 536 g/mol. The summed E-state index contributed by atoms with van der Waals surface area (Å²) < 4.78 is 55.8. The minimum atomic E-state index is -3.82. The first kappa shape index (κ1) is 25.9. The monoisotopic (exact) mass is 535 g/mol. The number of carbonyl (C=O) groups excluding carboxylic acids is 1. The van der Waals surface area contributed by atoms with Crippen LogP contribution in [0.1, 0.15) is 21.5 Å². The molecule has 0 atom stereocenters. The molecule has 8 nitrogen and oxygen atoms in total. The number of sulfonamides is 2. The van der Waals surface area contributed by atoms with Gasteiger partial charge < -0.3 is 5.32 Å². The molecule has 0 saturated carbocycles. The summed E-state index contributed by atoms with van der Waals surface area (Å²) in [6, 6.07) is 25.1. The van der Waals surface area contributed by atoms with Crippen LogP contribution in [0.5, 0.6) is 0 Å². The van der Waals surface area contributed by atoms with Gasteiger partial charge >= 0.3 is 0 Å². The van der Waals surface area contributed by atoms with Crippen molar-refractivity contribution in [1.29, 1.82) is 0 Å². The Morgan fingerprint density at radius 3 is 1.95 bits per heavy atom. The Kier molecular flexibility index (Phi) is 7.33. The molecule has 0 aliphatic rings. The molecular weight excluding hydrogens is 510 g/mol. The number of rotatable bonds is 8. The van der Waals surface area contributed by atoms with Gasteiger partial charge in [-0.25, -0.2) is 16.8 Å². The summed E-state index contributed by atoms with van der Waals surface area (Å²) in [5.41, 5.74) is 3.16. The molecule has 0 aliphatic carbocycles. The van der Waals surface area contributed by atoms with Crippen molar-refractivity contribution in [2.75, 3.05) is 14.8 Å². The second-order valence-electron chi connectivity index (χ2n) is 8.40. The van der Waals surface area contributed by atoms with Crippen molar-refractivity contribution in [3.05, 3.63) is 114 Å². The quantitative estimate of drug-likeness (QED) is 0.288. The summed E-state index contributed by atoms with van der Waals surface area (Å²) in [6.07, 6.45) is 0. The van der Waals surface area contributed by atoms with Crippen LogP contribution in [0.4, 0.5) is 17.1 Å². The molecule has 4 rings (SSSR count). The van der Waals surface area contributed by atoms with Crippen molar-refractivity contribution >= 4 is 43.0 Å². The topological polar surface area (TPSA) is 121 Å². The first-order chi connectivity index (χ1) is 17.5. The van der Waals surface area contributed by atoms with E-state index in [9.17, 15) is 21.6 Å². The van der Waals surface area contributed by atoms with Crippen LogP contribution in [0.15, 0.2) is 107 Å². The van der Waals surface area contributed by atoms with Crippen LogP contribution in [0.3, 0.4) is 0 Å². The molecule has 3 N–H and O–H groups in total. The lowest BCUT2D eigenvalue weighted by atomic mass is 10.1. The van der Waals surface area contributed by atoms with Gasteiger partial charge in [0.2, 0.25) is 0 Å². The van der Waals surface area contributed by atoms with Crippen LogP contribution in [0, 0.1) is 13.8 Å². The molecule has 4 aromatic rings. The predicted octanol–water partition coefficient (Wildman–Crippen LogP) is 5.16. The standard InChI is InChI=1S/C27H25N3O5S2/c1-19-11-16-26(20(2)17-19)30-37(34,35)25-14-12-22(13-15-25)28-27(31)21-7-6-8-23(18-21)29-36(32,33)24-9-4-3-5-10-24/h3-18,29-30H,1-2H3,(H,28,31). The normalized spacial score (nSPS) is 11.5. The summed E-state index contributed by atoms with van der Waals surface area (Å²) in [4.78, 5) is 12.9. The molecule has 0 heterocycles. The highest BCUT2D eigenvalue weighted by molar-refractivity contribution is 7.93. The van der Waals surface area contributed by atoms with Gasteiger partial charge in [0.05, 0.1) is 15.5 Å². The fraction of sp³-hybridized carbons (Fsp3) is 0.0741. The van der Waals surface area contributed by atoms with Crippen LogP contribution < -0.4 is 14.8 Å². The summed E-state index contributed by atoms with van der Waals surface area (Å²) in [5, 5.41) is 2.69. The molecular formula is C27H25N3O5S2. The van der Waals surface area contributed by atoms with Gasteiger partial charge in [0, 0.05) is 16.9 Å². The third-order valence-electron chi connectivity index (χ3n) is 5.48. The van der Waals surface area contributed by atoms with Crippen molar-refractivity contribution in [3.63, 3.8) is 0 Å². The molecule has 37 heavy (non-hydrogen) atoms. The van der Waals surface area contributed by atoms with E-state index in [2.05, 4.69) is 14.8 Å². The van der Waals surface area contributed by atoms with Gasteiger partial charge in [-0.15, -0.1) is 0 Å². The number of nitrogens with one attached hydrogen (secondary N) is 3. The molecule has 0 aliphatic heterocycles. The highest BCUT2D eigenvalue weighted by Crippen LogP contribution is 2.23. The Balaban J connectivity index is 1.45. The summed E-state index contributed by atoms with van der Waals surface area (Å²) in [6.45, 7) is 3.75. The molecule has 0 spiro atoms. The molecule has 4 aromatic carbocycles. The van der Waals surface area contributed by atoms with Gasteiger partial charge in [-0.1, -0.05) is 42.0 Å². The fourth-order valence-electron chi connectivity index (χ4n) is 3.59. The lowest BCUT2D eigenvalue weighted by Crippen LogP contribution is -2.16. The van der Waals surface area contributed by atoms with E-state index in [1.807, 2.05) is 26.0 Å². The fourth-order valence-corrected chi connectivity index (χ4v) is 5.79. The molecule has 0 radical (unpaired) electrons. The number of hydrogen-bond acceptors (Lipinski definition) is 5. The number of amides is 1. The number of aryl methyl sites for hydroxylation is 2. The van der Waals surface area contributed by atoms with Gasteiger partial charge in [-0.3, -0.25) is 14.2 Å². The largest absolute Gasteiger partial charge is 0.322 e. The second kappa shape index (κ2) is 10.5. The zero-order valence-corrected chi connectivity index (χ0v) is 21.7. The zero-order valence-electron chi connectivity index (χ0n) is 20.1. The van der Waals surface area contributed by atoms with E-state index in [-0.39, 0.29) is 21.0 Å². The Morgan fingerprint density at radius 2 is 1.27 bits per heavy atom. The van der Waals surface area contributed by atoms with Crippen molar-refractivity contribution in [3.8, 4) is 0 Å². The molecule has 0 bridgehead atoms. The van der Waals surface area contributed by atoms with Crippen molar-refractivity contribution in [2.45, 2.75) is 23.6 Å². The minimum absolute atomic E-state index is 0.0442. The van der Waals surface area contributed by atoms with E-state index < -0.39 is 26.0 Å². The lowest BCUT2D eigenvalue weighted by Gasteiger charge is -2.12. The van der Waals surface area contributed by atoms with Crippen molar-refractivity contribution < 1.29 is 21.6 Å². The maximum absolute atomic E-state index is 12.8. The van der Waals surface area contributed by atoms with E-state index >= 15 is 0 Å². The van der Waals surface area contributed by atoms with Crippen LogP contribution in [-0.2, 0) is 20.0 Å². The van der Waals surface area contributed by atoms with Gasteiger partial charge in [-0.05, 0) is 80.1 Å². The van der Waals surface area contributed by atoms with Gasteiger partial charge in [0.15, 0.2) is 0 Å². The minimum Gasteiger partial charge on any atom is -0.322 e. The van der Waals surface area contributed by atoms with Gasteiger partial charge in [0.25, 0.3) is 26.0 Å². The molecule has 190 valence electrons. The Morgan fingerprint density at radius 1 is 0.622 bits per heavy atom. The van der Waals surface area contributed by atoms with Crippen molar-refractivity contribution in [1.82, 2.24) is 0 Å². The lowest BCUT2D eigenvalue weighted by molar-refractivity contribution is 0.102. The second-order valence-corrected chi connectivity index (χ2v) is 11.8. The SMILES string of the molecule is Cc1ccc(NS(=O)(=O)c2ccc(NC(=O)c3cccc(NS(=O)(=O)c4ccccc4)c3)cc2)c(C)c1. The van der Waals surface area contributed by atoms with E-state index in [1.165, 1.54) is 42.5 Å². The van der Waals surface area contributed by atoms with Crippen LogP contribution in [0.2, 0.25) is 0 Å². The van der Waals surface area contributed by atoms with Gasteiger partial charge in [-0.2, -0.15) is 0 Å². The van der Waals surface area contributed by atoms with E-state index in [1.54, 1.807) is 42.5 Å². The molecule has 0 saturated heterocycles. The van der Waals surface area contributed by atoms with Crippen LogP contribution in [-0.4, -0.2) is 22.7 Å².